The second-order valence-corrected chi connectivity index (χ2v) is 7.34. The van der Waals surface area contributed by atoms with Gasteiger partial charge in [-0.3, -0.25) is 14.9 Å². The largest absolute Gasteiger partial charge is 0.366 e. The van der Waals surface area contributed by atoms with Crippen molar-refractivity contribution < 1.29 is 9.72 Å². The van der Waals surface area contributed by atoms with E-state index in [1.54, 1.807) is 12.1 Å². The van der Waals surface area contributed by atoms with Crippen molar-refractivity contribution in [1.29, 1.82) is 0 Å². The Bertz CT molecular complexity index is 875. The SMILES string of the molecule is O=C(NC1CCc2ccccc2C1)c1ccc(N2CCCC2)c([N+](=O)[O-])c1. The predicted molar refractivity (Wildman–Crippen MR) is 104 cm³/mol. The van der Waals surface area contributed by atoms with Crippen LogP contribution in [0.2, 0.25) is 0 Å². The van der Waals surface area contributed by atoms with E-state index in [0.717, 1.165) is 45.2 Å². The van der Waals surface area contributed by atoms with Crippen LogP contribution in [0, 0.1) is 10.1 Å². The van der Waals surface area contributed by atoms with Crippen molar-refractivity contribution >= 4 is 17.3 Å². The summed E-state index contributed by atoms with van der Waals surface area (Å²) in [6.07, 6.45) is 4.72. The van der Waals surface area contributed by atoms with E-state index >= 15 is 0 Å². The smallest absolute Gasteiger partial charge is 0.293 e. The summed E-state index contributed by atoms with van der Waals surface area (Å²) in [6.45, 7) is 1.65. The van der Waals surface area contributed by atoms with Crippen molar-refractivity contribution in [2.24, 2.45) is 0 Å². The topological polar surface area (TPSA) is 75.5 Å². The molecule has 2 aromatic carbocycles. The maximum Gasteiger partial charge on any atom is 0.293 e. The van der Waals surface area contributed by atoms with Gasteiger partial charge in [0.25, 0.3) is 11.6 Å². The number of nitrogens with one attached hydrogen (secondary N) is 1. The number of anilines is 1. The molecular formula is C21H23N3O3. The van der Waals surface area contributed by atoms with Crippen LogP contribution >= 0.6 is 0 Å². The van der Waals surface area contributed by atoms with Gasteiger partial charge < -0.3 is 10.2 Å². The number of fused-ring (bicyclic) bond motifs is 1. The van der Waals surface area contributed by atoms with Gasteiger partial charge >= 0.3 is 0 Å². The van der Waals surface area contributed by atoms with Gasteiger partial charge in [-0.05, 0) is 55.4 Å². The summed E-state index contributed by atoms with van der Waals surface area (Å²) in [7, 11) is 0. The summed E-state index contributed by atoms with van der Waals surface area (Å²) in [6, 6.07) is 13.2. The molecule has 1 atom stereocenters. The summed E-state index contributed by atoms with van der Waals surface area (Å²) in [5, 5.41) is 14.6. The number of carbonyl (C=O) groups is 1. The summed E-state index contributed by atoms with van der Waals surface area (Å²) >= 11 is 0. The van der Waals surface area contributed by atoms with E-state index in [4.69, 9.17) is 0 Å². The van der Waals surface area contributed by atoms with E-state index in [1.165, 1.54) is 17.2 Å². The molecular weight excluding hydrogens is 342 g/mol. The molecule has 0 spiro atoms. The molecule has 1 aliphatic carbocycles. The van der Waals surface area contributed by atoms with Crippen molar-refractivity contribution in [3.63, 3.8) is 0 Å². The first-order chi connectivity index (χ1) is 13.1. The Morgan fingerprint density at radius 3 is 2.59 bits per heavy atom. The molecule has 0 radical (unpaired) electrons. The number of carbonyl (C=O) groups excluding carboxylic acids is 1. The molecule has 1 N–H and O–H groups in total. The number of hydrogen-bond acceptors (Lipinski definition) is 4. The van der Waals surface area contributed by atoms with E-state index in [-0.39, 0.29) is 22.6 Å². The lowest BCUT2D eigenvalue weighted by Gasteiger charge is -2.25. The number of amides is 1. The molecule has 6 heteroatoms. The fraction of sp³-hybridized carbons (Fsp3) is 0.381. The molecule has 2 aromatic rings. The molecule has 1 heterocycles. The highest BCUT2D eigenvalue weighted by Crippen LogP contribution is 2.32. The lowest BCUT2D eigenvalue weighted by molar-refractivity contribution is -0.384. The van der Waals surface area contributed by atoms with Gasteiger partial charge in [-0.25, -0.2) is 0 Å². The van der Waals surface area contributed by atoms with Crippen LogP contribution in [-0.4, -0.2) is 30.0 Å². The first-order valence-corrected chi connectivity index (χ1v) is 9.53. The van der Waals surface area contributed by atoms with E-state index in [0.29, 0.717) is 11.3 Å². The Kier molecular flexibility index (Phi) is 4.79. The Labute approximate surface area is 158 Å². The van der Waals surface area contributed by atoms with Crippen LogP contribution in [0.15, 0.2) is 42.5 Å². The summed E-state index contributed by atoms with van der Waals surface area (Å²) in [5.74, 6) is -0.240. The van der Waals surface area contributed by atoms with Crippen LogP contribution in [0.4, 0.5) is 11.4 Å². The van der Waals surface area contributed by atoms with E-state index in [9.17, 15) is 14.9 Å². The zero-order valence-corrected chi connectivity index (χ0v) is 15.2. The minimum atomic E-state index is -0.388. The molecule has 140 valence electrons. The molecule has 0 bridgehead atoms. The predicted octanol–water partition coefficient (Wildman–Crippen LogP) is 3.48. The lowest BCUT2D eigenvalue weighted by atomic mass is 9.88. The quantitative estimate of drug-likeness (QED) is 0.665. The molecule has 4 rings (SSSR count). The number of nitrogens with zero attached hydrogens (tertiary/aromatic N) is 2. The Morgan fingerprint density at radius 2 is 1.85 bits per heavy atom. The van der Waals surface area contributed by atoms with Gasteiger partial charge in [-0.15, -0.1) is 0 Å². The highest BCUT2D eigenvalue weighted by molar-refractivity contribution is 5.96. The maximum absolute atomic E-state index is 12.7. The average Bonchev–Trinajstić information content (AvgIpc) is 3.22. The fourth-order valence-corrected chi connectivity index (χ4v) is 4.13. The van der Waals surface area contributed by atoms with Crippen LogP contribution in [0.5, 0.6) is 0 Å². The number of nitro benzene ring substituents is 1. The van der Waals surface area contributed by atoms with Gasteiger partial charge in [0.1, 0.15) is 5.69 Å². The molecule has 1 unspecified atom stereocenters. The zero-order valence-electron chi connectivity index (χ0n) is 15.2. The standard InChI is InChI=1S/C21H23N3O3/c25-21(22-18-9-7-15-5-1-2-6-16(15)13-18)17-8-10-19(20(14-17)24(26)27)23-11-3-4-12-23/h1-2,5-6,8,10,14,18H,3-4,7,9,11-13H2,(H,22,25). The molecule has 1 amide bonds. The maximum atomic E-state index is 12.7. The van der Waals surface area contributed by atoms with Crippen LogP contribution in [0.1, 0.15) is 40.7 Å². The van der Waals surface area contributed by atoms with Crippen molar-refractivity contribution in [3.8, 4) is 0 Å². The molecule has 0 aromatic heterocycles. The number of nitro groups is 1. The average molecular weight is 365 g/mol. The Morgan fingerprint density at radius 1 is 1.11 bits per heavy atom. The highest BCUT2D eigenvalue weighted by atomic mass is 16.6. The van der Waals surface area contributed by atoms with Gasteiger partial charge in [0, 0.05) is 30.8 Å². The fourth-order valence-electron chi connectivity index (χ4n) is 4.13. The second-order valence-electron chi connectivity index (χ2n) is 7.34. The van der Waals surface area contributed by atoms with Crippen LogP contribution in [0.3, 0.4) is 0 Å². The third-order valence-electron chi connectivity index (χ3n) is 5.56. The van der Waals surface area contributed by atoms with Gasteiger partial charge in [-0.2, -0.15) is 0 Å². The van der Waals surface area contributed by atoms with E-state index in [1.807, 2.05) is 17.0 Å². The second kappa shape index (κ2) is 7.39. The molecule has 0 saturated carbocycles. The number of hydrogen-bond donors (Lipinski definition) is 1. The minimum Gasteiger partial charge on any atom is -0.366 e. The molecule has 1 aliphatic heterocycles. The van der Waals surface area contributed by atoms with Gasteiger partial charge in [0.2, 0.25) is 0 Å². The van der Waals surface area contributed by atoms with Crippen LogP contribution < -0.4 is 10.2 Å². The van der Waals surface area contributed by atoms with Crippen LogP contribution in [0.25, 0.3) is 0 Å². The van der Waals surface area contributed by atoms with E-state index < -0.39 is 0 Å². The molecule has 27 heavy (non-hydrogen) atoms. The van der Waals surface area contributed by atoms with Crippen molar-refractivity contribution in [2.45, 2.75) is 38.1 Å². The first kappa shape index (κ1) is 17.5. The minimum absolute atomic E-state index is 0.0125. The molecule has 2 aliphatic rings. The third kappa shape index (κ3) is 3.65. The summed E-state index contributed by atoms with van der Waals surface area (Å²) in [4.78, 5) is 25.9. The van der Waals surface area contributed by atoms with Gasteiger partial charge in [-0.1, -0.05) is 24.3 Å². The Hall–Kier alpha value is -2.89. The van der Waals surface area contributed by atoms with Crippen molar-refractivity contribution in [2.75, 3.05) is 18.0 Å². The van der Waals surface area contributed by atoms with Crippen molar-refractivity contribution in [3.05, 3.63) is 69.3 Å². The number of rotatable bonds is 4. The molecule has 1 fully saturated rings. The number of benzene rings is 2. The van der Waals surface area contributed by atoms with Crippen LogP contribution in [-0.2, 0) is 12.8 Å². The molecule has 1 saturated heterocycles. The number of aryl methyl sites for hydroxylation is 1. The summed E-state index contributed by atoms with van der Waals surface area (Å²) < 4.78 is 0. The molecule has 6 nitrogen and oxygen atoms in total. The summed E-state index contributed by atoms with van der Waals surface area (Å²) in [5.41, 5.74) is 3.58. The van der Waals surface area contributed by atoms with Gasteiger partial charge in [0.15, 0.2) is 0 Å². The highest BCUT2D eigenvalue weighted by Gasteiger charge is 2.25. The lowest BCUT2D eigenvalue weighted by Crippen LogP contribution is -2.38. The van der Waals surface area contributed by atoms with E-state index in [2.05, 4.69) is 17.4 Å². The third-order valence-corrected chi connectivity index (χ3v) is 5.56. The monoisotopic (exact) mass is 365 g/mol. The Balaban J connectivity index is 1.50. The first-order valence-electron chi connectivity index (χ1n) is 9.53. The van der Waals surface area contributed by atoms with Crippen molar-refractivity contribution in [1.82, 2.24) is 5.32 Å². The van der Waals surface area contributed by atoms with Gasteiger partial charge in [0.05, 0.1) is 4.92 Å². The zero-order chi connectivity index (χ0) is 18.8. The normalized spacial score (nSPS) is 18.8.